The molecule has 1 aromatic rings. The normalized spacial score (nSPS) is 24.9. The van der Waals surface area contributed by atoms with Gasteiger partial charge in [0, 0.05) is 5.56 Å². The smallest absolute Gasteiger partial charge is 0.337 e. The van der Waals surface area contributed by atoms with Gasteiger partial charge in [0.15, 0.2) is 11.1 Å². The third kappa shape index (κ3) is 1.98. The zero-order valence-corrected chi connectivity index (χ0v) is 12.3. The van der Waals surface area contributed by atoms with Crippen LogP contribution in [0.3, 0.4) is 0 Å². The molecule has 1 heterocycles. The maximum atomic E-state index is 12.4. The van der Waals surface area contributed by atoms with E-state index in [2.05, 4.69) is 4.99 Å². The van der Waals surface area contributed by atoms with Crippen LogP contribution in [0.2, 0.25) is 0 Å². The fourth-order valence-electron chi connectivity index (χ4n) is 3.13. The molecule has 0 unspecified atom stereocenters. The molecule has 0 N–H and O–H groups in total. The highest BCUT2D eigenvalue weighted by molar-refractivity contribution is 6.12. The number of hydrogen-bond acceptors (Lipinski definition) is 5. The van der Waals surface area contributed by atoms with Gasteiger partial charge in [0.1, 0.15) is 0 Å². The number of hydrogen-bond donors (Lipinski definition) is 0. The minimum atomic E-state index is -1.40. The Labute approximate surface area is 128 Å². The van der Waals surface area contributed by atoms with Gasteiger partial charge in [-0.2, -0.15) is 10.5 Å². The number of esters is 1. The number of aryl methyl sites for hydroxylation is 1. The molecule has 5 heteroatoms. The van der Waals surface area contributed by atoms with E-state index in [0.717, 1.165) is 17.5 Å². The molecule has 0 saturated carbocycles. The molecular weight excluding hydrogens is 278 g/mol. The molecule has 2 aliphatic rings. The highest BCUT2D eigenvalue weighted by Gasteiger charge is 2.52. The van der Waals surface area contributed by atoms with Crippen LogP contribution in [-0.4, -0.2) is 22.8 Å². The molecule has 110 valence electrons. The molecule has 22 heavy (non-hydrogen) atoms. The highest BCUT2D eigenvalue weighted by atomic mass is 16.6. The van der Waals surface area contributed by atoms with Crippen molar-refractivity contribution in [1.82, 2.24) is 0 Å². The predicted molar refractivity (Wildman–Crippen MR) is 79.0 cm³/mol. The summed E-state index contributed by atoms with van der Waals surface area (Å²) in [5.74, 6) is -0.568. The van der Waals surface area contributed by atoms with E-state index in [1.165, 1.54) is 0 Å². The summed E-state index contributed by atoms with van der Waals surface area (Å²) >= 11 is 0. The van der Waals surface area contributed by atoms with E-state index in [9.17, 15) is 4.79 Å². The minimum Gasteiger partial charge on any atom is -0.451 e. The Morgan fingerprint density at radius 3 is 2.64 bits per heavy atom. The van der Waals surface area contributed by atoms with Crippen LogP contribution in [0, 0.1) is 22.7 Å². The predicted octanol–water partition coefficient (Wildman–Crippen LogP) is 2.30. The largest absolute Gasteiger partial charge is 0.451 e. The summed E-state index contributed by atoms with van der Waals surface area (Å²) in [5, 5.41) is 18.1. The van der Waals surface area contributed by atoms with Gasteiger partial charge < -0.3 is 4.74 Å². The molecule has 1 aliphatic carbocycles. The number of benzene rings is 1. The number of nitrogens with zero attached hydrogens (tertiary/aromatic N) is 3. The van der Waals surface area contributed by atoms with Crippen molar-refractivity contribution in [2.45, 2.75) is 43.7 Å². The van der Waals surface area contributed by atoms with Gasteiger partial charge in [0.05, 0.1) is 30.7 Å². The molecule has 0 spiro atoms. The first-order chi connectivity index (χ1) is 10.5. The topological polar surface area (TPSA) is 86.2 Å². The summed E-state index contributed by atoms with van der Waals surface area (Å²) in [6, 6.07) is 11.8. The molecule has 0 bridgehead atoms. The minimum absolute atomic E-state index is 0.152. The van der Waals surface area contributed by atoms with Crippen molar-refractivity contribution in [3.05, 3.63) is 35.4 Å². The fraction of sp³-hybridized carbons (Fsp3) is 0.412. The van der Waals surface area contributed by atoms with Crippen molar-refractivity contribution in [2.24, 2.45) is 4.99 Å². The van der Waals surface area contributed by atoms with E-state index in [4.69, 9.17) is 15.3 Å². The summed E-state index contributed by atoms with van der Waals surface area (Å²) in [5.41, 5.74) is 0.603. The maximum absolute atomic E-state index is 12.4. The number of ether oxygens (including phenoxy) is 1. The van der Waals surface area contributed by atoms with E-state index in [0.29, 0.717) is 12.1 Å². The van der Waals surface area contributed by atoms with Crippen LogP contribution in [0.5, 0.6) is 0 Å². The molecule has 5 nitrogen and oxygen atoms in total. The molecule has 1 aliphatic heterocycles. The zero-order valence-electron chi connectivity index (χ0n) is 12.3. The monoisotopic (exact) mass is 293 g/mol. The maximum Gasteiger partial charge on any atom is 0.337 e. The third-order valence-corrected chi connectivity index (χ3v) is 4.41. The van der Waals surface area contributed by atoms with Crippen LogP contribution >= 0.6 is 0 Å². The molecule has 0 saturated heterocycles. The van der Waals surface area contributed by atoms with Crippen molar-refractivity contribution >= 4 is 11.7 Å². The first-order valence-corrected chi connectivity index (χ1v) is 7.21. The van der Waals surface area contributed by atoms with E-state index >= 15 is 0 Å². The van der Waals surface area contributed by atoms with E-state index in [1.807, 2.05) is 43.3 Å². The molecular formula is C17H15N3O2. The molecule has 3 rings (SSSR count). The summed E-state index contributed by atoms with van der Waals surface area (Å²) < 4.78 is 5.68. The Morgan fingerprint density at radius 2 is 1.95 bits per heavy atom. The van der Waals surface area contributed by atoms with Crippen LogP contribution in [0.25, 0.3) is 0 Å². The average Bonchev–Trinajstić information content (AvgIpc) is 2.50. The fourth-order valence-corrected chi connectivity index (χ4v) is 3.13. The second kappa shape index (κ2) is 4.96. The van der Waals surface area contributed by atoms with Gasteiger partial charge in [0.25, 0.3) is 0 Å². The second-order valence-electron chi connectivity index (χ2n) is 5.94. The Kier molecular flexibility index (Phi) is 3.22. The van der Waals surface area contributed by atoms with Gasteiger partial charge in [-0.1, -0.05) is 24.3 Å². The first kappa shape index (κ1) is 14.3. The van der Waals surface area contributed by atoms with Gasteiger partial charge in [-0.15, -0.1) is 0 Å². The van der Waals surface area contributed by atoms with Crippen LogP contribution in [-0.2, 0) is 16.0 Å². The standard InChI is InChI=1S/C17H15N3O2/c1-16-7-6-12-4-2-3-5-13(12)14(16)20-17(8-10-18,9-11-19)15(21)22-16/h2-5H,6-9H2,1H3/t16-/m0/s1. The summed E-state index contributed by atoms with van der Waals surface area (Å²) in [4.78, 5) is 17.0. The van der Waals surface area contributed by atoms with Gasteiger partial charge in [-0.05, 0) is 25.3 Å². The quantitative estimate of drug-likeness (QED) is 0.783. The Hall–Kier alpha value is -2.66. The Balaban J connectivity index is 2.21. The van der Waals surface area contributed by atoms with E-state index in [-0.39, 0.29) is 12.8 Å². The van der Waals surface area contributed by atoms with Crippen molar-refractivity contribution < 1.29 is 9.53 Å². The van der Waals surface area contributed by atoms with Crippen molar-refractivity contribution in [3.8, 4) is 12.1 Å². The SMILES string of the molecule is C[C@]12CCc3ccccc3C1=NC(CC#N)(CC#N)C(=O)O2. The number of aliphatic imine (C=N–C) groups is 1. The van der Waals surface area contributed by atoms with Gasteiger partial charge in [0.2, 0.25) is 0 Å². The molecule has 1 atom stereocenters. The summed E-state index contributed by atoms with van der Waals surface area (Å²) in [6.45, 7) is 1.85. The molecule has 0 aromatic heterocycles. The van der Waals surface area contributed by atoms with Crippen LogP contribution in [0.1, 0.15) is 37.3 Å². The lowest BCUT2D eigenvalue weighted by molar-refractivity contribution is -0.161. The van der Waals surface area contributed by atoms with Crippen molar-refractivity contribution in [2.75, 3.05) is 0 Å². The molecule has 0 radical (unpaired) electrons. The molecule has 1 aromatic carbocycles. The average molecular weight is 293 g/mol. The van der Waals surface area contributed by atoms with Crippen molar-refractivity contribution in [3.63, 3.8) is 0 Å². The lowest BCUT2D eigenvalue weighted by Crippen LogP contribution is -2.55. The van der Waals surface area contributed by atoms with Gasteiger partial charge in [-0.25, -0.2) is 4.79 Å². The van der Waals surface area contributed by atoms with E-state index in [1.54, 1.807) is 0 Å². The summed E-state index contributed by atoms with van der Waals surface area (Å²) in [7, 11) is 0. The van der Waals surface area contributed by atoms with Gasteiger partial charge >= 0.3 is 5.97 Å². The van der Waals surface area contributed by atoms with Crippen LogP contribution in [0.4, 0.5) is 0 Å². The third-order valence-electron chi connectivity index (χ3n) is 4.41. The van der Waals surface area contributed by atoms with Crippen molar-refractivity contribution in [1.29, 1.82) is 10.5 Å². The summed E-state index contributed by atoms with van der Waals surface area (Å²) in [6.07, 6.45) is 1.16. The first-order valence-electron chi connectivity index (χ1n) is 7.21. The molecule has 0 fully saturated rings. The van der Waals surface area contributed by atoms with Gasteiger partial charge in [-0.3, -0.25) is 4.99 Å². The second-order valence-corrected chi connectivity index (χ2v) is 5.94. The number of nitriles is 2. The lowest BCUT2D eigenvalue weighted by Gasteiger charge is -2.43. The van der Waals surface area contributed by atoms with Crippen LogP contribution in [0.15, 0.2) is 29.3 Å². The number of rotatable bonds is 2. The number of carbonyl (C=O) groups excluding carboxylic acids is 1. The Morgan fingerprint density at radius 1 is 1.27 bits per heavy atom. The molecule has 0 amide bonds. The van der Waals surface area contributed by atoms with Crippen LogP contribution < -0.4 is 0 Å². The van der Waals surface area contributed by atoms with E-state index < -0.39 is 17.1 Å². The Bertz CT molecular complexity index is 738. The number of carbonyl (C=O) groups is 1. The number of fused-ring (bicyclic) bond motifs is 3. The zero-order chi connectivity index (χ0) is 15.8. The lowest BCUT2D eigenvalue weighted by atomic mass is 9.77. The highest BCUT2D eigenvalue weighted by Crippen LogP contribution is 2.40.